The second kappa shape index (κ2) is 8.28. The molecular weight excluding hydrogens is 420 g/mol. The third-order valence-corrected chi connectivity index (χ3v) is 6.05. The van der Waals surface area contributed by atoms with E-state index in [1.807, 2.05) is 18.2 Å². The van der Waals surface area contributed by atoms with Crippen LogP contribution in [0.3, 0.4) is 0 Å². The topological polar surface area (TPSA) is 67.9 Å². The van der Waals surface area contributed by atoms with Crippen molar-refractivity contribution in [3.63, 3.8) is 0 Å². The van der Waals surface area contributed by atoms with Crippen molar-refractivity contribution in [2.45, 2.75) is 20.4 Å². The molecule has 0 spiro atoms. The summed E-state index contributed by atoms with van der Waals surface area (Å²) in [6.07, 6.45) is 1.65. The average Bonchev–Trinajstić information content (AvgIpc) is 3.30. The molecule has 0 aliphatic heterocycles. The molecule has 5 nitrogen and oxygen atoms in total. The number of rotatable bonds is 5. The molecule has 31 heavy (non-hydrogen) atoms. The van der Waals surface area contributed by atoms with E-state index in [0.29, 0.717) is 32.1 Å². The number of aromatic nitrogens is 2. The van der Waals surface area contributed by atoms with Crippen LogP contribution in [0.25, 0.3) is 21.5 Å². The minimum absolute atomic E-state index is 0.160. The first kappa shape index (κ1) is 20.7. The number of thiazole rings is 1. The number of ether oxygens (including phenoxy) is 1. The number of carbonyl (C=O) groups excluding carboxylic acids is 1. The van der Waals surface area contributed by atoms with Crippen LogP contribution in [-0.2, 0) is 11.3 Å². The summed E-state index contributed by atoms with van der Waals surface area (Å²) in [7, 11) is 0. The molecule has 0 atom stereocenters. The van der Waals surface area contributed by atoms with Crippen LogP contribution >= 0.6 is 11.3 Å². The number of benzene rings is 2. The lowest BCUT2D eigenvalue weighted by atomic mass is 10.1. The zero-order chi connectivity index (χ0) is 22.1. The molecule has 0 saturated heterocycles. The van der Waals surface area contributed by atoms with Gasteiger partial charge in [-0.25, -0.2) is 18.6 Å². The van der Waals surface area contributed by atoms with Gasteiger partial charge in [0.1, 0.15) is 27.6 Å². The molecule has 4 rings (SSSR count). The minimum atomic E-state index is -0.637. The Bertz CT molecular complexity index is 1350. The Morgan fingerprint density at radius 3 is 2.77 bits per heavy atom. The Morgan fingerprint density at radius 1 is 1.26 bits per heavy atom. The molecule has 2 heterocycles. The fraction of sp³-hybridized carbons (Fsp3) is 0.174. The van der Waals surface area contributed by atoms with Crippen LogP contribution in [0.5, 0.6) is 0 Å². The lowest BCUT2D eigenvalue weighted by molar-refractivity contribution is 0.0531. The van der Waals surface area contributed by atoms with Gasteiger partial charge in [0.25, 0.3) is 0 Å². The van der Waals surface area contributed by atoms with E-state index in [1.165, 1.54) is 23.5 Å². The van der Waals surface area contributed by atoms with Gasteiger partial charge >= 0.3 is 5.97 Å². The summed E-state index contributed by atoms with van der Waals surface area (Å²) < 4.78 is 34.1. The summed E-state index contributed by atoms with van der Waals surface area (Å²) in [5, 5.41) is 10.9. The van der Waals surface area contributed by atoms with E-state index in [0.717, 1.165) is 17.1 Å². The third kappa shape index (κ3) is 3.92. The van der Waals surface area contributed by atoms with E-state index in [4.69, 9.17) is 4.74 Å². The second-order valence-corrected chi connectivity index (χ2v) is 7.90. The molecule has 0 unspecified atom stereocenters. The van der Waals surface area contributed by atoms with Crippen LogP contribution < -0.4 is 0 Å². The lowest BCUT2D eigenvalue weighted by Gasteiger charge is -2.07. The largest absolute Gasteiger partial charge is 0.462 e. The third-order valence-electron chi connectivity index (χ3n) is 4.86. The van der Waals surface area contributed by atoms with Crippen molar-refractivity contribution >= 4 is 28.2 Å². The van der Waals surface area contributed by atoms with Crippen molar-refractivity contribution in [3.8, 4) is 16.6 Å². The average molecular weight is 437 g/mol. The zero-order valence-electron chi connectivity index (χ0n) is 16.8. The highest BCUT2D eigenvalue weighted by Gasteiger charge is 2.18. The highest BCUT2D eigenvalue weighted by molar-refractivity contribution is 7.17. The van der Waals surface area contributed by atoms with E-state index in [9.17, 15) is 18.8 Å². The lowest BCUT2D eigenvalue weighted by Crippen LogP contribution is -2.03. The summed E-state index contributed by atoms with van der Waals surface area (Å²) >= 11 is 1.23. The van der Waals surface area contributed by atoms with Gasteiger partial charge in [-0.1, -0.05) is 6.07 Å². The van der Waals surface area contributed by atoms with Crippen molar-refractivity contribution in [1.29, 1.82) is 5.26 Å². The van der Waals surface area contributed by atoms with Gasteiger partial charge in [-0.05, 0) is 38.1 Å². The van der Waals surface area contributed by atoms with E-state index in [2.05, 4.69) is 11.1 Å². The number of aryl methyl sites for hydroxylation is 1. The first-order chi connectivity index (χ1) is 14.9. The van der Waals surface area contributed by atoms with Crippen molar-refractivity contribution < 1.29 is 18.3 Å². The number of carbonyl (C=O) groups is 1. The molecule has 0 N–H and O–H groups in total. The Balaban J connectivity index is 1.74. The Morgan fingerprint density at radius 2 is 2.06 bits per heavy atom. The molecule has 0 aliphatic rings. The summed E-state index contributed by atoms with van der Waals surface area (Å²) in [6, 6.07) is 11.1. The molecule has 0 bridgehead atoms. The quantitative estimate of drug-likeness (QED) is 0.390. The molecule has 156 valence electrons. The Hall–Kier alpha value is -3.57. The van der Waals surface area contributed by atoms with Gasteiger partial charge in [0, 0.05) is 34.3 Å². The standard InChI is InChI=1S/C23H17F2N3O2S/c1-3-30-23(29)21-13(2)27-22(31-21)14-5-7-20-18(8-14)16(10-26)12-28(20)11-15-4-6-17(24)9-19(15)25/h4-9,12H,3,11H2,1-2H3. The first-order valence-electron chi connectivity index (χ1n) is 9.53. The van der Waals surface area contributed by atoms with Gasteiger partial charge in [-0.15, -0.1) is 11.3 Å². The van der Waals surface area contributed by atoms with Gasteiger partial charge < -0.3 is 9.30 Å². The number of nitrogens with zero attached hydrogens (tertiary/aromatic N) is 3. The number of esters is 1. The maximum atomic E-state index is 14.1. The second-order valence-electron chi connectivity index (χ2n) is 6.90. The van der Waals surface area contributed by atoms with Gasteiger partial charge in [0.05, 0.1) is 24.4 Å². The van der Waals surface area contributed by atoms with Crippen LogP contribution in [0.2, 0.25) is 0 Å². The molecule has 2 aromatic heterocycles. The number of hydrogen-bond donors (Lipinski definition) is 0. The van der Waals surface area contributed by atoms with Gasteiger partial charge in [0.15, 0.2) is 0 Å². The Labute approximate surface area is 181 Å². The SMILES string of the molecule is CCOC(=O)c1sc(-c2ccc3c(c2)c(C#N)cn3Cc2ccc(F)cc2F)nc1C. The predicted molar refractivity (Wildman–Crippen MR) is 114 cm³/mol. The molecule has 0 aliphatic carbocycles. The monoisotopic (exact) mass is 437 g/mol. The smallest absolute Gasteiger partial charge is 0.350 e. The number of halogens is 2. The van der Waals surface area contributed by atoms with Crippen LogP contribution in [0.15, 0.2) is 42.6 Å². The highest BCUT2D eigenvalue weighted by atomic mass is 32.1. The van der Waals surface area contributed by atoms with E-state index in [1.54, 1.807) is 24.6 Å². The van der Waals surface area contributed by atoms with E-state index < -0.39 is 17.6 Å². The number of nitriles is 1. The van der Waals surface area contributed by atoms with Crippen molar-refractivity contribution in [3.05, 3.63) is 75.9 Å². The van der Waals surface area contributed by atoms with Gasteiger partial charge in [-0.3, -0.25) is 0 Å². The summed E-state index contributed by atoms with van der Waals surface area (Å²) in [5.41, 5.74) is 2.84. The predicted octanol–water partition coefficient (Wildman–Crippen LogP) is 5.45. The van der Waals surface area contributed by atoms with Crippen molar-refractivity contribution in [2.24, 2.45) is 0 Å². The van der Waals surface area contributed by atoms with Crippen molar-refractivity contribution in [2.75, 3.05) is 6.61 Å². The molecule has 0 radical (unpaired) electrons. The molecule has 0 fully saturated rings. The van der Waals surface area contributed by atoms with Crippen LogP contribution in [0, 0.1) is 29.9 Å². The number of fused-ring (bicyclic) bond motifs is 1. The highest BCUT2D eigenvalue weighted by Crippen LogP contribution is 2.32. The Kier molecular flexibility index (Phi) is 5.53. The minimum Gasteiger partial charge on any atom is -0.462 e. The summed E-state index contributed by atoms with van der Waals surface area (Å²) in [6.45, 7) is 3.94. The fourth-order valence-corrected chi connectivity index (χ4v) is 4.35. The maximum Gasteiger partial charge on any atom is 0.350 e. The molecule has 0 amide bonds. The van der Waals surface area contributed by atoms with Crippen LogP contribution in [-0.4, -0.2) is 22.1 Å². The molecule has 0 saturated carbocycles. The van der Waals surface area contributed by atoms with E-state index in [-0.39, 0.29) is 13.2 Å². The van der Waals surface area contributed by atoms with Gasteiger partial charge in [0.2, 0.25) is 0 Å². The van der Waals surface area contributed by atoms with Crippen molar-refractivity contribution in [1.82, 2.24) is 9.55 Å². The normalized spacial score (nSPS) is 10.9. The number of hydrogen-bond acceptors (Lipinski definition) is 5. The van der Waals surface area contributed by atoms with Crippen LogP contribution in [0.1, 0.15) is 33.4 Å². The zero-order valence-corrected chi connectivity index (χ0v) is 17.6. The van der Waals surface area contributed by atoms with E-state index >= 15 is 0 Å². The maximum absolute atomic E-state index is 14.1. The van der Waals surface area contributed by atoms with Gasteiger partial charge in [-0.2, -0.15) is 5.26 Å². The first-order valence-corrected chi connectivity index (χ1v) is 10.3. The molecule has 4 aromatic rings. The summed E-state index contributed by atoms with van der Waals surface area (Å²) in [5.74, 6) is -1.68. The molecule has 8 heteroatoms. The summed E-state index contributed by atoms with van der Waals surface area (Å²) in [4.78, 5) is 17.0. The molecular formula is C23H17F2N3O2S. The van der Waals surface area contributed by atoms with Crippen LogP contribution in [0.4, 0.5) is 8.78 Å². The molecule has 2 aromatic carbocycles. The fourth-order valence-electron chi connectivity index (χ4n) is 3.39.